The van der Waals surface area contributed by atoms with E-state index >= 15 is 8.78 Å². The van der Waals surface area contributed by atoms with Crippen molar-refractivity contribution in [2.45, 2.75) is 72.6 Å². The molecule has 0 radical (unpaired) electrons. The molecule has 3 heterocycles. The van der Waals surface area contributed by atoms with Gasteiger partial charge in [-0.1, -0.05) is 125 Å². The fourth-order valence-electron chi connectivity index (χ4n) is 11.5. The monoisotopic (exact) mass is 1510 g/mol. The molecule has 0 saturated heterocycles. The molecular weight excluding hydrogens is 1430 g/mol. The third kappa shape index (κ3) is 21.3. The van der Waals surface area contributed by atoms with Crippen molar-refractivity contribution in [1.29, 1.82) is 0 Å². The number of rotatable bonds is 23. The summed E-state index contributed by atoms with van der Waals surface area (Å²) in [6, 6.07) is 55.1. The minimum absolute atomic E-state index is 0. The van der Waals surface area contributed by atoms with Gasteiger partial charge in [0.25, 0.3) is 0 Å². The Balaban J connectivity index is 0.000000225. The van der Waals surface area contributed by atoms with Crippen LogP contribution in [0.3, 0.4) is 0 Å². The van der Waals surface area contributed by atoms with Gasteiger partial charge in [0.2, 0.25) is 0 Å². The Bertz CT molecular complexity index is 4900. The summed E-state index contributed by atoms with van der Waals surface area (Å²) in [6.45, 7) is 5.54. The first kappa shape index (κ1) is 83.7. The van der Waals surface area contributed by atoms with Crippen molar-refractivity contribution in [2.24, 2.45) is 38.3 Å². The van der Waals surface area contributed by atoms with Gasteiger partial charge in [0.15, 0.2) is 0 Å². The fourth-order valence-corrected chi connectivity index (χ4v) is 12.2. The molecule has 12 aromatic rings. The number of benzene rings is 9. The summed E-state index contributed by atoms with van der Waals surface area (Å²) in [5.41, 5.74) is 28.4. The first-order valence-electron chi connectivity index (χ1n) is 32.6. The molecular formula is C79H81BBrClF3N6NaO12. The van der Waals surface area contributed by atoms with E-state index in [4.69, 9.17) is 56.0 Å². The Kier molecular flexibility index (Phi) is 32.3. The van der Waals surface area contributed by atoms with Crippen molar-refractivity contribution in [1.82, 2.24) is 13.7 Å². The van der Waals surface area contributed by atoms with Crippen LogP contribution in [0, 0.1) is 17.5 Å². The van der Waals surface area contributed by atoms with E-state index in [1.165, 1.54) is 23.6 Å². The van der Waals surface area contributed by atoms with Crippen molar-refractivity contribution >= 4 is 91.5 Å². The smallest absolute Gasteiger partial charge is 0.870 e. The number of nitrogens with zero attached hydrogens (tertiary/aromatic N) is 3. The van der Waals surface area contributed by atoms with E-state index in [1.807, 2.05) is 140 Å². The standard InChI is InChI=1S/C27H27FN2O3.C25H23FN2O3.C20H20BrNO3.C7H9BFNO2.ClH.Na.H2O/c1-3-32-26(31)15-19-7-4-5-10-25(19)33-17-18-13-23(21-11-12-30(2)24(21)14-18)22-9-6-8-20(16-29)27(22)28;1-28-10-9-19-21(20-7-4-6-18(14-27)25(20)26)11-16(12-22(19)28)15-31-23-8-3-2-5-17(23)13-24(29)30;1-3-24-20(23)12-15-6-4-5-7-19(15)25-13-14-10-17(21)16-8-9-22(2)18(16)11-14;9-7-5(4-10)2-1-3-6(7)8(11)12;;;/h4-14H,3,15-17,29H2,1-2H3;2-12H,13-15,27H2,1H3,(H,29,30);4-11H,3,12-13H2,1-2H3;1-3,11-12H,4,10H2;1H;;1H2/q;;;;;+1;/p-1. The first-order chi connectivity index (χ1) is 48.7. The number of para-hydroxylation sites is 3. The number of hydrogen-bond acceptors (Lipinski definition) is 14. The number of aromatic nitrogens is 3. The van der Waals surface area contributed by atoms with Crippen LogP contribution in [0.5, 0.6) is 17.2 Å². The molecule has 0 aliphatic heterocycles. The fraction of sp³-hybridized carbons (Fsp3) is 0.203. The third-order valence-electron chi connectivity index (χ3n) is 16.6. The van der Waals surface area contributed by atoms with Gasteiger partial charge in [-0.2, -0.15) is 0 Å². The van der Waals surface area contributed by atoms with Crippen LogP contribution in [0.4, 0.5) is 13.2 Å². The van der Waals surface area contributed by atoms with Crippen LogP contribution in [0.2, 0.25) is 0 Å². The van der Waals surface area contributed by atoms with Crippen molar-refractivity contribution in [2.75, 3.05) is 13.2 Å². The minimum atomic E-state index is -1.78. The summed E-state index contributed by atoms with van der Waals surface area (Å²) in [6.07, 6.45) is 6.17. The minimum Gasteiger partial charge on any atom is -0.870 e. The molecule has 0 spiro atoms. The van der Waals surface area contributed by atoms with Crippen LogP contribution >= 0.6 is 28.3 Å². The molecule has 0 amide bonds. The maximum absolute atomic E-state index is 15.2. The van der Waals surface area contributed by atoms with Crippen LogP contribution in [-0.2, 0) is 104 Å². The Morgan fingerprint density at radius 1 is 0.452 bits per heavy atom. The molecule has 25 heteroatoms. The van der Waals surface area contributed by atoms with Gasteiger partial charge in [-0.05, 0) is 114 Å². The third-order valence-corrected chi connectivity index (χ3v) is 17.3. The number of nitrogens with two attached hydrogens (primary N) is 3. The van der Waals surface area contributed by atoms with Gasteiger partial charge in [-0.15, -0.1) is 12.4 Å². The molecule has 104 heavy (non-hydrogen) atoms. The summed E-state index contributed by atoms with van der Waals surface area (Å²) in [5, 5.41) is 29.6. The molecule has 538 valence electrons. The molecule has 3 aromatic heterocycles. The van der Waals surface area contributed by atoms with Crippen molar-refractivity contribution in [3.63, 3.8) is 0 Å². The van der Waals surface area contributed by atoms with Gasteiger partial charge >= 0.3 is 54.6 Å². The number of carbonyl (C=O) groups is 3. The maximum Gasteiger partial charge on any atom is 1.00 e. The first-order valence-corrected chi connectivity index (χ1v) is 33.4. The second kappa shape index (κ2) is 40.2. The maximum atomic E-state index is 15.2. The molecule has 0 bridgehead atoms. The molecule has 0 atom stereocenters. The van der Waals surface area contributed by atoms with E-state index in [-0.39, 0.29) is 134 Å². The number of carboxylic acid groups (broad SMARTS) is 1. The Morgan fingerprint density at radius 2 is 0.788 bits per heavy atom. The van der Waals surface area contributed by atoms with Crippen molar-refractivity contribution < 1.29 is 101 Å². The average Bonchev–Trinajstić information content (AvgIpc) is 1.55. The number of carbonyl (C=O) groups excluding carboxylic acids is 2. The number of hydrogen-bond donors (Lipinski definition) is 6. The number of carboxylic acids is 1. The second-order valence-electron chi connectivity index (χ2n) is 23.5. The van der Waals surface area contributed by atoms with Gasteiger partial charge in [0, 0.05) is 147 Å². The Labute approximate surface area is 638 Å². The summed E-state index contributed by atoms with van der Waals surface area (Å²) in [4.78, 5) is 34.8. The predicted molar refractivity (Wildman–Crippen MR) is 401 cm³/mol. The quantitative estimate of drug-likeness (QED) is 0.0257. The van der Waals surface area contributed by atoms with Crippen LogP contribution in [0.25, 0.3) is 55.0 Å². The van der Waals surface area contributed by atoms with E-state index in [1.54, 1.807) is 68.4 Å². The summed E-state index contributed by atoms with van der Waals surface area (Å²) < 4.78 is 78.6. The molecule has 12 rings (SSSR count). The normalized spacial score (nSPS) is 10.6. The number of halogens is 5. The molecule has 0 aliphatic carbocycles. The Morgan fingerprint density at radius 3 is 1.16 bits per heavy atom. The topological polar surface area (TPSA) is 281 Å². The summed E-state index contributed by atoms with van der Waals surface area (Å²) >= 11 is 3.62. The van der Waals surface area contributed by atoms with E-state index in [0.717, 1.165) is 70.7 Å². The Hall–Kier alpha value is -9.21. The summed E-state index contributed by atoms with van der Waals surface area (Å²) in [5.74, 6) is -0.872. The zero-order valence-corrected chi connectivity index (χ0v) is 62.9. The molecule has 10 N–H and O–H groups in total. The van der Waals surface area contributed by atoms with Gasteiger partial charge in [-0.25, -0.2) is 13.2 Å². The number of aryl methyl sites for hydroxylation is 3. The largest absolute Gasteiger partial charge is 1.00 e. The number of esters is 2. The van der Waals surface area contributed by atoms with Gasteiger partial charge in [0.1, 0.15) is 54.5 Å². The van der Waals surface area contributed by atoms with E-state index < -0.39 is 18.9 Å². The number of ether oxygens (including phenoxy) is 5. The average molecular weight is 1510 g/mol. The molecule has 0 unspecified atom stereocenters. The molecule has 0 saturated carbocycles. The number of aliphatic carboxylic acids is 1. The van der Waals surface area contributed by atoms with E-state index in [0.29, 0.717) is 64.9 Å². The molecule has 0 aliphatic rings. The SMILES string of the molecule is CCOC(=O)Cc1ccccc1OCc1cc(-c2cccc(CN)c2F)c2ccn(C)c2c1.CCOC(=O)Cc1ccccc1OCc1cc(Br)c2ccn(C)c2c1.Cl.Cn1ccc2c(-c3cccc(CN)c3F)cc(COc3ccccc3CC(=O)O)cc21.NCc1cccc(B(O)O)c1F.[Na+].[OH-]. The van der Waals surface area contributed by atoms with E-state index in [9.17, 15) is 18.8 Å². The molecule has 9 aromatic carbocycles. The van der Waals surface area contributed by atoms with Crippen LogP contribution in [0.1, 0.15) is 63.9 Å². The van der Waals surface area contributed by atoms with Gasteiger partial charge < -0.3 is 75.2 Å². The molecule has 0 fully saturated rings. The number of fused-ring (bicyclic) bond motifs is 3. The zero-order valence-electron chi connectivity index (χ0n) is 58.5. The molecule has 18 nitrogen and oxygen atoms in total. The van der Waals surface area contributed by atoms with Crippen LogP contribution < -0.4 is 66.4 Å². The van der Waals surface area contributed by atoms with Crippen molar-refractivity contribution in [3.05, 3.63) is 273 Å². The van der Waals surface area contributed by atoms with Crippen LogP contribution in [0.15, 0.2) is 205 Å². The van der Waals surface area contributed by atoms with E-state index in [2.05, 4.69) is 38.7 Å². The van der Waals surface area contributed by atoms with Gasteiger partial charge in [0.05, 0.1) is 32.5 Å². The van der Waals surface area contributed by atoms with Crippen LogP contribution in [-0.4, -0.2) is 72.6 Å². The predicted octanol–water partition coefficient (Wildman–Crippen LogP) is 10.6. The second-order valence-corrected chi connectivity index (χ2v) is 24.4. The zero-order chi connectivity index (χ0) is 72.3. The van der Waals surface area contributed by atoms with Gasteiger partial charge in [-0.3, -0.25) is 14.4 Å². The summed E-state index contributed by atoms with van der Waals surface area (Å²) in [7, 11) is 4.13. The van der Waals surface area contributed by atoms with Crippen molar-refractivity contribution in [3.8, 4) is 39.5 Å².